The fraction of sp³-hybridized carbons (Fsp3) is 0.500. The number of nitrogens with zero attached hydrogens (tertiary/aromatic N) is 1. The SMILES string of the molecule is CCN(C)CCNC(=O)c1c[nH]c(C)cc1=O. The standard InChI is InChI=1S/C12H19N3O2/c1-4-15(3)6-5-13-12(17)10-8-14-9(2)7-11(10)16/h7-8H,4-6H2,1-3H3,(H,13,17)(H,14,16). The van der Waals surface area contributed by atoms with Gasteiger partial charge in [0.25, 0.3) is 5.91 Å². The van der Waals surface area contributed by atoms with Crippen LogP contribution in [0, 0.1) is 6.92 Å². The number of aromatic nitrogens is 1. The van der Waals surface area contributed by atoms with E-state index >= 15 is 0 Å². The number of likely N-dealkylation sites (N-methyl/N-ethyl adjacent to an activating group) is 1. The number of hydrogen-bond donors (Lipinski definition) is 2. The van der Waals surface area contributed by atoms with Gasteiger partial charge in [-0.25, -0.2) is 0 Å². The van der Waals surface area contributed by atoms with Crippen molar-refractivity contribution in [2.24, 2.45) is 0 Å². The molecule has 0 radical (unpaired) electrons. The summed E-state index contributed by atoms with van der Waals surface area (Å²) in [7, 11) is 1.98. The molecule has 0 bridgehead atoms. The van der Waals surface area contributed by atoms with E-state index in [0.29, 0.717) is 6.54 Å². The lowest BCUT2D eigenvalue weighted by Gasteiger charge is -2.13. The van der Waals surface area contributed by atoms with Gasteiger partial charge < -0.3 is 15.2 Å². The quantitative estimate of drug-likeness (QED) is 0.777. The summed E-state index contributed by atoms with van der Waals surface area (Å²) in [6.45, 7) is 6.06. The molecular weight excluding hydrogens is 218 g/mol. The molecule has 94 valence electrons. The molecule has 0 saturated carbocycles. The van der Waals surface area contributed by atoms with E-state index in [4.69, 9.17) is 0 Å². The van der Waals surface area contributed by atoms with Crippen molar-refractivity contribution >= 4 is 5.91 Å². The number of aromatic amines is 1. The van der Waals surface area contributed by atoms with E-state index in [-0.39, 0.29) is 16.9 Å². The summed E-state index contributed by atoms with van der Waals surface area (Å²) >= 11 is 0. The first kappa shape index (κ1) is 13.4. The zero-order valence-electron chi connectivity index (χ0n) is 10.5. The Hall–Kier alpha value is -1.62. The second-order valence-corrected chi connectivity index (χ2v) is 4.05. The summed E-state index contributed by atoms with van der Waals surface area (Å²) in [4.78, 5) is 28.2. The highest BCUT2D eigenvalue weighted by Crippen LogP contribution is 1.92. The highest BCUT2D eigenvalue weighted by molar-refractivity contribution is 5.93. The maximum absolute atomic E-state index is 11.7. The monoisotopic (exact) mass is 237 g/mol. The fourth-order valence-corrected chi connectivity index (χ4v) is 1.36. The number of H-pyrrole nitrogens is 1. The summed E-state index contributed by atoms with van der Waals surface area (Å²) in [6, 6.07) is 1.42. The number of pyridine rings is 1. The molecule has 17 heavy (non-hydrogen) atoms. The number of nitrogens with one attached hydrogen (secondary N) is 2. The molecule has 1 aromatic rings. The Kier molecular flexibility index (Phi) is 4.90. The minimum Gasteiger partial charge on any atom is -0.364 e. The van der Waals surface area contributed by atoms with Gasteiger partial charge in [-0.05, 0) is 20.5 Å². The van der Waals surface area contributed by atoms with Crippen LogP contribution in [-0.2, 0) is 0 Å². The van der Waals surface area contributed by atoms with Crippen LogP contribution in [0.15, 0.2) is 17.1 Å². The molecule has 0 aliphatic rings. The molecule has 5 nitrogen and oxygen atoms in total. The van der Waals surface area contributed by atoms with Gasteiger partial charge in [-0.2, -0.15) is 0 Å². The Bertz CT molecular complexity index is 440. The Labute approximate surface area is 101 Å². The van der Waals surface area contributed by atoms with Crippen molar-refractivity contribution in [2.75, 3.05) is 26.7 Å². The lowest BCUT2D eigenvalue weighted by molar-refractivity contribution is 0.0948. The predicted octanol–water partition coefficient (Wildman–Crippen LogP) is 0.365. The minimum atomic E-state index is -0.323. The van der Waals surface area contributed by atoms with Crippen molar-refractivity contribution in [2.45, 2.75) is 13.8 Å². The summed E-state index contributed by atoms with van der Waals surface area (Å²) in [6.07, 6.45) is 1.45. The van der Waals surface area contributed by atoms with Crippen LogP contribution in [0.3, 0.4) is 0 Å². The second kappa shape index (κ2) is 6.20. The fourth-order valence-electron chi connectivity index (χ4n) is 1.36. The largest absolute Gasteiger partial charge is 0.364 e. The number of rotatable bonds is 5. The van der Waals surface area contributed by atoms with Crippen LogP contribution in [0.5, 0.6) is 0 Å². The topological polar surface area (TPSA) is 65.2 Å². The van der Waals surface area contributed by atoms with Gasteiger partial charge >= 0.3 is 0 Å². The van der Waals surface area contributed by atoms with E-state index in [2.05, 4.69) is 15.2 Å². The van der Waals surface area contributed by atoms with Crippen molar-refractivity contribution < 1.29 is 4.79 Å². The number of hydrogen-bond acceptors (Lipinski definition) is 3. The minimum absolute atomic E-state index is 0.162. The van der Waals surface area contributed by atoms with Crippen LogP contribution in [0.4, 0.5) is 0 Å². The van der Waals surface area contributed by atoms with E-state index < -0.39 is 0 Å². The van der Waals surface area contributed by atoms with Crippen LogP contribution < -0.4 is 10.7 Å². The molecular formula is C12H19N3O2. The number of amides is 1. The molecule has 1 amide bonds. The average Bonchev–Trinajstić information content (AvgIpc) is 2.28. The second-order valence-electron chi connectivity index (χ2n) is 4.05. The lowest BCUT2D eigenvalue weighted by Crippen LogP contribution is -2.35. The molecule has 0 saturated heterocycles. The molecule has 5 heteroatoms. The normalized spacial score (nSPS) is 10.6. The first-order valence-corrected chi connectivity index (χ1v) is 5.70. The van der Waals surface area contributed by atoms with Crippen molar-refractivity contribution in [3.63, 3.8) is 0 Å². The molecule has 0 atom stereocenters. The van der Waals surface area contributed by atoms with E-state index in [1.54, 1.807) is 6.92 Å². The highest BCUT2D eigenvalue weighted by Gasteiger charge is 2.09. The summed E-state index contributed by atoms with van der Waals surface area (Å²) in [5, 5.41) is 2.72. The zero-order valence-corrected chi connectivity index (χ0v) is 10.5. The Morgan fingerprint density at radius 1 is 1.53 bits per heavy atom. The lowest BCUT2D eigenvalue weighted by atomic mass is 10.2. The Morgan fingerprint density at radius 2 is 2.24 bits per heavy atom. The molecule has 1 heterocycles. The molecule has 0 unspecified atom stereocenters. The molecule has 0 spiro atoms. The number of carbonyl (C=O) groups is 1. The molecule has 0 aliphatic heterocycles. The van der Waals surface area contributed by atoms with Crippen LogP contribution in [0.2, 0.25) is 0 Å². The van der Waals surface area contributed by atoms with Gasteiger partial charge in [0.15, 0.2) is 5.43 Å². The van der Waals surface area contributed by atoms with Gasteiger partial charge in [0.05, 0.1) is 0 Å². The third-order valence-electron chi connectivity index (χ3n) is 2.62. The average molecular weight is 237 g/mol. The first-order valence-electron chi connectivity index (χ1n) is 5.70. The molecule has 1 aromatic heterocycles. The number of aryl methyl sites for hydroxylation is 1. The van der Waals surface area contributed by atoms with Gasteiger partial charge in [0, 0.05) is 31.0 Å². The van der Waals surface area contributed by atoms with Gasteiger partial charge in [-0.1, -0.05) is 6.92 Å². The van der Waals surface area contributed by atoms with Crippen LogP contribution >= 0.6 is 0 Å². The zero-order chi connectivity index (χ0) is 12.8. The maximum atomic E-state index is 11.7. The third kappa shape index (κ3) is 4.03. The third-order valence-corrected chi connectivity index (χ3v) is 2.62. The summed E-state index contributed by atoms with van der Waals surface area (Å²) in [5.41, 5.74) is 0.662. The molecule has 0 fully saturated rings. The van der Waals surface area contributed by atoms with Crippen LogP contribution in [0.25, 0.3) is 0 Å². The molecule has 0 aromatic carbocycles. The van der Waals surface area contributed by atoms with Crippen molar-refractivity contribution in [3.8, 4) is 0 Å². The number of carbonyl (C=O) groups excluding carboxylic acids is 1. The van der Waals surface area contributed by atoms with Gasteiger partial charge in [-0.15, -0.1) is 0 Å². The Balaban J connectivity index is 2.56. The Morgan fingerprint density at radius 3 is 2.82 bits per heavy atom. The first-order chi connectivity index (χ1) is 8.04. The summed E-state index contributed by atoms with van der Waals surface area (Å²) < 4.78 is 0. The van der Waals surface area contributed by atoms with Crippen LogP contribution in [0.1, 0.15) is 23.0 Å². The van der Waals surface area contributed by atoms with Crippen molar-refractivity contribution in [1.82, 2.24) is 15.2 Å². The highest BCUT2D eigenvalue weighted by atomic mass is 16.2. The van der Waals surface area contributed by atoms with E-state index in [1.165, 1.54) is 12.3 Å². The van der Waals surface area contributed by atoms with Gasteiger partial charge in [-0.3, -0.25) is 9.59 Å². The van der Waals surface area contributed by atoms with Gasteiger partial charge in [0.2, 0.25) is 0 Å². The van der Waals surface area contributed by atoms with Gasteiger partial charge in [0.1, 0.15) is 5.56 Å². The smallest absolute Gasteiger partial charge is 0.256 e. The maximum Gasteiger partial charge on any atom is 0.256 e. The predicted molar refractivity (Wildman–Crippen MR) is 67.3 cm³/mol. The van der Waals surface area contributed by atoms with E-state index in [0.717, 1.165) is 18.8 Å². The van der Waals surface area contributed by atoms with Crippen molar-refractivity contribution in [3.05, 3.63) is 33.7 Å². The molecule has 0 aliphatic carbocycles. The van der Waals surface area contributed by atoms with Crippen molar-refractivity contribution in [1.29, 1.82) is 0 Å². The van der Waals surface area contributed by atoms with E-state index in [9.17, 15) is 9.59 Å². The molecule has 1 rings (SSSR count). The molecule has 2 N–H and O–H groups in total. The van der Waals surface area contributed by atoms with Crippen LogP contribution in [-0.4, -0.2) is 42.5 Å². The summed E-state index contributed by atoms with van der Waals surface area (Å²) in [5.74, 6) is -0.323. The van der Waals surface area contributed by atoms with E-state index in [1.807, 2.05) is 14.0 Å².